The van der Waals surface area contributed by atoms with Gasteiger partial charge in [-0.2, -0.15) is 0 Å². The van der Waals surface area contributed by atoms with Crippen LogP contribution >= 0.6 is 11.3 Å². The number of aromatic nitrogens is 1. The molecular formula is C20H19NO6S. The lowest BCUT2D eigenvalue weighted by Crippen LogP contribution is -2.04. The summed E-state index contributed by atoms with van der Waals surface area (Å²) >= 11 is 1.12. The van der Waals surface area contributed by atoms with Crippen molar-refractivity contribution in [2.45, 2.75) is 13.8 Å². The van der Waals surface area contributed by atoms with Crippen molar-refractivity contribution in [2.24, 2.45) is 0 Å². The van der Waals surface area contributed by atoms with Crippen molar-refractivity contribution in [1.82, 2.24) is 4.98 Å². The highest BCUT2D eigenvalue weighted by Gasteiger charge is 2.24. The summed E-state index contributed by atoms with van der Waals surface area (Å²) < 4.78 is 15.7. The molecule has 7 nitrogen and oxygen atoms in total. The Morgan fingerprint density at radius 3 is 2.54 bits per heavy atom. The zero-order chi connectivity index (χ0) is 20.4. The van der Waals surface area contributed by atoms with Gasteiger partial charge in [0.2, 0.25) is 0 Å². The number of methoxy groups -OCH3 is 2. The van der Waals surface area contributed by atoms with Crippen LogP contribution in [-0.4, -0.2) is 42.9 Å². The van der Waals surface area contributed by atoms with E-state index in [0.717, 1.165) is 11.3 Å². The molecule has 0 bridgehead atoms. The molecule has 28 heavy (non-hydrogen) atoms. The predicted octanol–water partition coefficient (Wildman–Crippen LogP) is 4.16. The van der Waals surface area contributed by atoms with Gasteiger partial charge in [0, 0.05) is 17.0 Å². The third kappa shape index (κ3) is 3.38. The zero-order valence-corrected chi connectivity index (χ0v) is 16.7. The van der Waals surface area contributed by atoms with E-state index in [1.165, 1.54) is 13.2 Å². The van der Waals surface area contributed by atoms with Crippen molar-refractivity contribution < 1.29 is 28.9 Å². The maximum atomic E-state index is 12.2. The van der Waals surface area contributed by atoms with Crippen LogP contribution in [0.3, 0.4) is 0 Å². The number of aryl methyl sites for hydroxylation is 1. The van der Waals surface area contributed by atoms with Gasteiger partial charge in [-0.3, -0.25) is 0 Å². The Labute approximate surface area is 165 Å². The summed E-state index contributed by atoms with van der Waals surface area (Å²) in [5.41, 5.74) is 1.68. The SMILES string of the molecule is CCOC(=O)c1sc2nc(-c3ccc(OC)cc3OC)cc(C(=O)O)c2c1C. The number of carboxylic acids is 1. The highest BCUT2D eigenvalue weighted by molar-refractivity contribution is 7.20. The quantitative estimate of drug-likeness (QED) is 0.620. The van der Waals surface area contributed by atoms with E-state index in [-0.39, 0.29) is 12.2 Å². The first-order chi connectivity index (χ1) is 13.4. The minimum absolute atomic E-state index is 0.0715. The minimum atomic E-state index is -1.10. The number of carbonyl (C=O) groups excluding carboxylic acids is 1. The molecule has 146 valence electrons. The number of hydrogen-bond acceptors (Lipinski definition) is 7. The summed E-state index contributed by atoms with van der Waals surface area (Å²) in [7, 11) is 3.07. The summed E-state index contributed by atoms with van der Waals surface area (Å²) in [5.74, 6) is -0.474. The molecule has 0 aliphatic carbocycles. The van der Waals surface area contributed by atoms with Gasteiger partial charge in [0.15, 0.2) is 0 Å². The molecule has 1 aromatic carbocycles. The molecule has 2 heterocycles. The Balaban J connectivity index is 2.26. The fourth-order valence-corrected chi connectivity index (χ4v) is 4.05. The number of benzene rings is 1. The Bertz CT molecular complexity index is 1070. The summed E-state index contributed by atoms with van der Waals surface area (Å²) in [6.45, 7) is 3.66. The van der Waals surface area contributed by atoms with Gasteiger partial charge in [-0.05, 0) is 37.6 Å². The van der Waals surface area contributed by atoms with E-state index in [4.69, 9.17) is 14.2 Å². The largest absolute Gasteiger partial charge is 0.497 e. The number of rotatable bonds is 6. The number of carboxylic acid groups (broad SMARTS) is 1. The van der Waals surface area contributed by atoms with E-state index in [1.54, 1.807) is 39.2 Å². The van der Waals surface area contributed by atoms with E-state index in [0.29, 0.717) is 43.4 Å². The molecule has 2 aromatic heterocycles. The van der Waals surface area contributed by atoms with Gasteiger partial charge in [0.25, 0.3) is 0 Å². The van der Waals surface area contributed by atoms with Crippen LogP contribution in [-0.2, 0) is 4.74 Å². The van der Waals surface area contributed by atoms with E-state index in [1.807, 2.05) is 0 Å². The van der Waals surface area contributed by atoms with Gasteiger partial charge in [-0.1, -0.05) is 0 Å². The van der Waals surface area contributed by atoms with Crippen LogP contribution in [0.1, 0.15) is 32.5 Å². The van der Waals surface area contributed by atoms with Gasteiger partial charge >= 0.3 is 11.9 Å². The second-order valence-electron chi connectivity index (χ2n) is 5.88. The summed E-state index contributed by atoms with van der Waals surface area (Å²) in [4.78, 5) is 29.5. The number of ether oxygens (including phenoxy) is 3. The van der Waals surface area contributed by atoms with Crippen molar-refractivity contribution in [3.05, 3.63) is 40.3 Å². The molecule has 0 atom stereocenters. The molecule has 3 rings (SSSR count). The topological polar surface area (TPSA) is 95.0 Å². The molecule has 8 heteroatoms. The van der Waals surface area contributed by atoms with Crippen molar-refractivity contribution in [3.63, 3.8) is 0 Å². The molecule has 0 amide bonds. The van der Waals surface area contributed by atoms with E-state index in [2.05, 4.69) is 4.98 Å². The van der Waals surface area contributed by atoms with Gasteiger partial charge in [0.05, 0.1) is 32.1 Å². The van der Waals surface area contributed by atoms with E-state index < -0.39 is 11.9 Å². The van der Waals surface area contributed by atoms with Gasteiger partial charge in [-0.15, -0.1) is 11.3 Å². The Morgan fingerprint density at radius 2 is 1.93 bits per heavy atom. The molecule has 0 saturated carbocycles. The number of hydrogen-bond donors (Lipinski definition) is 1. The van der Waals surface area contributed by atoms with Crippen LogP contribution in [0.15, 0.2) is 24.3 Å². The Morgan fingerprint density at radius 1 is 1.18 bits per heavy atom. The molecule has 0 aliphatic rings. The lowest BCUT2D eigenvalue weighted by atomic mass is 10.0. The maximum Gasteiger partial charge on any atom is 0.348 e. The lowest BCUT2D eigenvalue weighted by molar-refractivity contribution is 0.0530. The first-order valence-electron chi connectivity index (χ1n) is 8.48. The average Bonchev–Trinajstić information content (AvgIpc) is 3.03. The van der Waals surface area contributed by atoms with Crippen molar-refractivity contribution >= 4 is 33.5 Å². The summed E-state index contributed by atoms with van der Waals surface area (Å²) in [5, 5.41) is 10.2. The second-order valence-corrected chi connectivity index (χ2v) is 6.88. The standard InChI is InChI=1S/C20H19NO6S/c1-5-27-20(24)17-10(2)16-13(19(22)23)9-14(21-18(16)28-17)12-7-6-11(25-3)8-15(12)26-4/h6-9H,5H2,1-4H3,(H,22,23). The fraction of sp³-hybridized carbons (Fsp3) is 0.250. The number of carbonyl (C=O) groups is 2. The number of thiophene rings is 1. The van der Waals surface area contributed by atoms with E-state index in [9.17, 15) is 14.7 Å². The number of pyridine rings is 1. The third-order valence-corrected chi connectivity index (χ3v) is 5.44. The summed E-state index contributed by atoms with van der Waals surface area (Å²) in [6, 6.07) is 6.69. The zero-order valence-electron chi connectivity index (χ0n) is 15.9. The minimum Gasteiger partial charge on any atom is -0.497 e. The highest BCUT2D eigenvalue weighted by Crippen LogP contribution is 2.38. The van der Waals surface area contributed by atoms with Crippen molar-refractivity contribution in [3.8, 4) is 22.8 Å². The molecule has 0 aliphatic heterocycles. The van der Waals surface area contributed by atoms with Gasteiger partial charge < -0.3 is 19.3 Å². The molecule has 0 unspecified atom stereocenters. The number of nitrogens with zero attached hydrogens (tertiary/aromatic N) is 1. The van der Waals surface area contributed by atoms with Crippen LogP contribution in [0.5, 0.6) is 11.5 Å². The van der Waals surface area contributed by atoms with Crippen molar-refractivity contribution in [1.29, 1.82) is 0 Å². The molecule has 1 N–H and O–H groups in total. The van der Waals surface area contributed by atoms with Crippen LogP contribution < -0.4 is 9.47 Å². The van der Waals surface area contributed by atoms with Crippen molar-refractivity contribution in [2.75, 3.05) is 20.8 Å². The molecule has 0 radical (unpaired) electrons. The highest BCUT2D eigenvalue weighted by atomic mass is 32.1. The summed E-state index contributed by atoms with van der Waals surface area (Å²) in [6.07, 6.45) is 0. The second kappa shape index (κ2) is 7.85. The molecular weight excluding hydrogens is 382 g/mol. The van der Waals surface area contributed by atoms with Gasteiger partial charge in [-0.25, -0.2) is 14.6 Å². The predicted molar refractivity (Wildman–Crippen MR) is 106 cm³/mol. The molecule has 0 fully saturated rings. The molecule has 0 spiro atoms. The average molecular weight is 401 g/mol. The Kier molecular flexibility index (Phi) is 5.51. The van der Waals surface area contributed by atoms with Crippen LogP contribution in [0.25, 0.3) is 21.5 Å². The number of esters is 1. The maximum absolute atomic E-state index is 12.2. The Hall–Kier alpha value is -3.13. The number of aromatic carboxylic acids is 1. The van der Waals surface area contributed by atoms with Gasteiger partial charge in [0.1, 0.15) is 21.2 Å². The smallest absolute Gasteiger partial charge is 0.348 e. The molecule has 0 saturated heterocycles. The first-order valence-corrected chi connectivity index (χ1v) is 9.29. The van der Waals surface area contributed by atoms with Crippen LogP contribution in [0.2, 0.25) is 0 Å². The number of fused-ring (bicyclic) bond motifs is 1. The monoisotopic (exact) mass is 401 g/mol. The fourth-order valence-electron chi connectivity index (χ4n) is 2.95. The lowest BCUT2D eigenvalue weighted by Gasteiger charge is -2.11. The normalized spacial score (nSPS) is 10.7. The third-order valence-electron chi connectivity index (χ3n) is 4.28. The first kappa shape index (κ1) is 19.6. The van der Waals surface area contributed by atoms with E-state index >= 15 is 0 Å². The van der Waals surface area contributed by atoms with Crippen LogP contribution in [0, 0.1) is 6.92 Å². The van der Waals surface area contributed by atoms with Crippen LogP contribution in [0.4, 0.5) is 0 Å². The molecule has 3 aromatic rings.